The largest absolute Gasteiger partial charge is 0.311 e. The molecule has 0 amide bonds. The quantitative estimate of drug-likeness (QED) is 0.169. The van der Waals surface area contributed by atoms with Crippen molar-refractivity contribution in [2.24, 2.45) is 0 Å². The maximum atomic E-state index is 2.59. The highest BCUT2D eigenvalue weighted by Crippen LogP contribution is 2.51. The second kappa shape index (κ2) is 12.1. The topological polar surface area (TPSA) is 6.48 Å². The fourth-order valence-electron chi connectivity index (χ4n) is 10.4. The van der Waals surface area contributed by atoms with Gasteiger partial charge in [0.25, 0.3) is 6.71 Å². The molecule has 0 bridgehead atoms. The van der Waals surface area contributed by atoms with Gasteiger partial charge in [0.1, 0.15) is 0 Å². The molecule has 2 aliphatic carbocycles. The zero-order valence-corrected chi connectivity index (χ0v) is 31.1. The summed E-state index contributed by atoms with van der Waals surface area (Å²) in [4.78, 5) is 5.13. The summed E-state index contributed by atoms with van der Waals surface area (Å²) in [5, 5.41) is 0. The normalized spacial score (nSPS) is 16.3. The van der Waals surface area contributed by atoms with Crippen molar-refractivity contribution in [2.45, 2.75) is 57.3 Å². The third kappa shape index (κ3) is 4.67. The summed E-state index contributed by atoms with van der Waals surface area (Å²) < 4.78 is 0. The molecule has 0 N–H and O–H groups in total. The maximum absolute atomic E-state index is 2.59. The van der Waals surface area contributed by atoms with Gasteiger partial charge >= 0.3 is 0 Å². The van der Waals surface area contributed by atoms with E-state index in [0.29, 0.717) is 5.92 Å². The van der Waals surface area contributed by atoms with E-state index in [1.165, 1.54) is 122 Å². The van der Waals surface area contributed by atoms with Crippen LogP contribution in [0, 0.1) is 0 Å². The Morgan fingerprint density at radius 1 is 0.481 bits per heavy atom. The van der Waals surface area contributed by atoms with Gasteiger partial charge in [-0.25, -0.2) is 0 Å². The van der Waals surface area contributed by atoms with Crippen LogP contribution >= 0.6 is 0 Å². The van der Waals surface area contributed by atoms with Crippen molar-refractivity contribution in [3.05, 3.63) is 174 Å². The van der Waals surface area contributed by atoms with Crippen LogP contribution in [0.15, 0.2) is 158 Å². The second-order valence-electron chi connectivity index (χ2n) is 16.3. The monoisotopic (exact) mass is 694 g/mol. The lowest BCUT2D eigenvalue weighted by Gasteiger charge is -2.45. The highest BCUT2D eigenvalue weighted by Gasteiger charge is 2.44. The molecule has 2 heterocycles. The zero-order valence-electron chi connectivity index (χ0n) is 31.1. The van der Waals surface area contributed by atoms with Crippen LogP contribution in [0.25, 0.3) is 22.3 Å². The van der Waals surface area contributed by atoms with Gasteiger partial charge in [-0.05, 0) is 129 Å². The molecular formula is C51H43BN2. The molecule has 0 radical (unpaired) electrons. The van der Waals surface area contributed by atoms with Crippen molar-refractivity contribution < 1.29 is 0 Å². The molecule has 0 aromatic heterocycles. The summed E-state index contributed by atoms with van der Waals surface area (Å²) in [5.74, 6) is 0.567. The standard InChI is InChI=1S/C51H43BN2/c1-51(2)42-23-13-12-22-40(42)41-28-26-35(30-43(41)51)36-27-29-45-47(31-36)54(39-20-10-5-11-21-39)49-33-37(34-16-6-3-7-17-34)32-48-50(49)52(45)44-24-14-15-25-46(44)53(48)38-18-8-4-9-19-38/h4-5,8-15,18-34H,3,6-7,16-17H2,1-2H3. The van der Waals surface area contributed by atoms with Crippen LogP contribution in [0.2, 0.25) is 0 Å². The van der Waals surface area contributed by atoms with Gasteiger partial charge in [0.15, 0.2) is 0 Å². The van der Waals surface area contributed by atoms with Crippen LogP contribution in [0.3, 0.4) is 0 Å². The first-order chi connectivity index (χ1) is 26.6. The predicted molar refractivity (Wildman–Crippen MR) is 229 cm³/mol. The molecule has 54 heavy (non-hydrogen) atoms. The Hall–Kier alpha value is -5.80. The van der Waals surface area contributed by atoms with Gasteiger partial charge in [0.2, 0.25) is 0 Å². The van der Waals surface area contributed by atoms with Crippen LogP contribution in [-0.2, 0) is 5.41 Å². The van der Waals surface area contributed by atoms with Crippen LogP contribution in [0.1, 0.15) is 68.6 Å². The van der Waals surface area contributed by atoms with Crippen LogP contribution < -0.4 is 26.2 Å². The van der Waals surface area contributed by atoms with Crippen molar-refractivity contribution in [1.82, 2.24) is 0 Å². The summed E-state index contributed by atoms with van der Waals surface area (Å²) in [6.45, 7) is 4.87. The number of hydrogen-bond acceptors (Lipinski definition) is 2. The van der Waals surface area contributed by atoms with E-state index in [4.69, 9.17) is 0 Å². The number of rotatable bonds is 4. The summed E-state index contributed by atoms with van der Waals surface area (Å²) in [5.41, 5.74) is 21.2. The number of fused-ring (bicyclic) bond motifs is 7. The third-order valence-corrected chi connectivity index (χ3v) is 13.0. The fourth-order valence-corrected chi connectivity index (χ4v) is 10.4. The summed E-state index contributed by atoms with van der Waals surface area (Å²) >= 11 is 0. The van der Waals surface area contributed by atoms with E-state index in [1.807, 2.05) is 0 Å². The summed E-state index contributed by atoms with van der Waals surface area (Å²) in [6, 6.07) is 59.8. The number of benzene rings is 7. The van der Waals surface area contributed by atoms with E-state index in [0.717, 1.165) is 0 Å². The molecule has 1 fully saturated rings. The van der Waals surface area contributed by atoms with E-state index in [1.54, 1.807) is 0 Å². The average molecular weight is 695 g/mol. The molecule has 1 saturated carbocycles. The fraction of sp³-hybridized carbons (Fsp3) is 0.176. The minimum absolute atomic E-state index is 0.0481. The number of nitrogens with zero attached hydrogens (tertiary/aromatic N) is 2. The Kier molecular flexibility index (Phi) is 7.11. The van der Waals surface area contributed by atoms with Gasteiger partial charge in [0, 0.05) is 39.5 Å². The molecule has 2 aliphatic heterocycles. The molecule has 7 aromatic rings. The Morgan fingerprint density at radius 2 is 1.06 bits per heavy atom. The Labute approximate surface area is 319 Å². The minimum atomic E-state index is -0.0481. The van der Waals surface area contributed by atoms with Crippen molar-refractivity contribution >= 4 is 57.2 Å². The molecular weight excluding hydrogens is 651 g/mol. The summed E-state index contributed by atoms with van der Waals surface area (Å²) in [7, 11) is 0. The van der Waals surface area contributed by atoms with Gasteiger partial charge in [-0.15, -0.1) is 0 Å². The number of anilines is 6. The lowest BCUT2D eigenvalue weighted by molar-refractivity contribution is 0.444. The first-order valence-electron chi connectivity index (χ1n) is 19.9. The maximum Gasteiger partial charge on any atom is 0.252 e. The highest BCUT2D eigenvalue weighted by molar-refractivity contribution is 7.00. The van der Waals surface area contributed by atoms with Gasteiger partial charge < -0.3 is 9.80 Å². The average Bonchev–Trinajstić information content (AvgIpc) is 3.46. The summed E-state index contributed by atoms with van der Waals surface area (Å²) in [6.07, 6.45) is 6.48. The number of hydrogen-bond donors (Lipinski definition) is 0. The molecule has 2 nitrogen and oxygen atoms in total. The van der Waals surface area contributed by atoms with E-state index in [9.17, 15) is 0 Å². The molecule has 11 rings (SSSR count). The van der Waals surface area contributed by atoms with Crippen molar-refractivity contribution in [3.8, 4) is 22.3 Å². The third-order valence-electron chi connectivity index (χ3n) is 13.0. The van der Waals surface area contributed by atoms with Gasteiger partial charge in [-0.3, -0.25) is 0 Å². The van der Waals surface area contributed by atoms with Crippen LogP contribution in [0.5, 0.6) is 0 Å². The van der Waals surface area contributed by atoms with Crippen LogP contribution in [0.4, 0.5) is 34.1 Å². The predicted octanol–water partition coefficient (Wildman–Crippen LogP) is 11.8. The second-order valence-corrected chi connectivity index (χ2v) is 16.3. The highest BCUT2D eigenvalue weighted by atomic mass is 15.2. The zero-order chi connectivity index (χ0) is 36.0. The lowest BCUT2D eigenvalue weighted by Crippen LogP contribution is -2.61. The molecule has 4 aliphatic rings. The van der Waals surface area contributed by atoms with Crippen molar-refractivity contribution in [1.29, 1.82) is 0 Å². The molecule has 7 aromatic carbocycles. The first kappa shape index (κ1) is 31.7. The van der Waals surface area contributed by atoms with E-state index >= 15 is 0 Å². The van der Waals surface area contributed by atoms with Gasteiger partial charge in [-0.1, -0.05) is 136 Å². The Bertz CT molecular complexity index is 2580. The molecule has 0 spiro atoms. The Morgan fingerprint density at radius 3 is 1.80 bits per heavy atom. The minimum Gasteiger partial charge on any atom is -0.311 e. The first-order valence-corrected chi connectivity index (χ1v) is 19.9. The van der Waals surface area contributed by atoms with Crippen molar-refractivity contribution in [2.75, 3.05) is 9.80 Å². The van der Waals surface area contributed by atoms with Gasteiger partial charge in [-0.2, -0.15) is 0 Å². The molecule has 260 valence electrons. The Balaban J connectivity index is 1.16. The van der Waals surface area contributed by atoms with E-state index in [-0.39, 0.29) is 12.1 Å². The molecule has 0 saturated heterocycles. The van der Waals surface area contributed by atoms with E-state index < -0.39 is 0 Å². The molecule has 0 atom stereocenters. The SMILES string of the molecule is CC1(C)c2ccccc2-c2ccc(-c3ccc4c(c3)N(c3ccccc3)c3cc(C5CCCCC5)cc5c3B4c3ccccc3N5c3ccccc3)cc21. The van der Waals surface area contributed by atoms with Crippen molar-refractivity contribution in [3.63, 3.8) is 0 Å². The smallest absolute Gasteiger partial charge is 0.252 e. The molecule has 0 unspecified atom stereocenters. The van der Waals surface area contributed by atoms with Crippen LogP contribution in [-0.4, -0.2) is 6.71 Å². The molecule has 3 heteroatoms. The number of para-hydroxylation sites is 3. The van der Waals surface area contributed by atoms with E-state index in [2.05, 4.69) is 181 Å². The van der Waals surface area contributed by atoms with Gasteiger partial charge in [0.05, 0.1) is 0 Å². The lowest BCUT2D eigenvalue weighted by atomic mass is 9.33.